The lowest BCUT2D eigenvalue weighted by atomic mass is 9.95. The SMILES string of the molecule is CC(=O)N[C@H]1[C@H](OCCCO[C@H]2[C@H](OC(C)=O)[C@@H](OC(C)=O)[C@H](OC[C@H]3O[C@@H](OCCCO[C@H]4[C@H](OC(C)=O)[C@@H](OC(C)=O)C(O)O[C@@H]4COC(C)=O)[C@H](NC(C)=O)[C@@H](OC(C)=O)[C@@H]3OC(C)=O)O[C@@H]2COC(C)=O)O[C@H](COC(C)=O)[C@@H](OC(C)=O)[C@@H]1OC(C)=O. The van der Waals surface area contributed by atoms with Gasteiger partial charge in [-0.1, -0.05) is 0 Å². The van der Waals surface area contributed by atoms with Crippen LogP contribution in [0.15, 0.2) is 0 Å². The van der Waals surface area contributed by atoms with Gasteiger partial charge in [-0.15, -0.1) is 0 Å². The summed E-state index contributed by atoms with van der Waals surface area (Å²) < 4.78 is 115. The second-order valence-corrected chi connectivity index (χ2v) is 21.1. The minimum Gasteiger partial charge on any atom is -0.463 e. The number of carbonyl (C=O) groups excluding carboxylic acids is 13. The second-order valence-electron chi connectivity index (χ2n) is 21.1. The average molecular weight is 1330 g/mol. The normalized spacial score (nSPS) is 30.9. The molecule has 520 valence electrons. The van der Waals surface area contributed by atoms with Gasteiger partial charge in [-0.05, 0) is 12.8 Å². The molecule has 0 radical (unpaired) electrons. The highest BCUT2D eigenvalue weighted by Crippen LogP contribution is 2.35. The van der Waals surface area contributed by atoms with Gasteiger partial charge in [-0.3, -0.25) is 62.3 Å². The Labute approximate surface area is 527 Å². The van der Waals surface area contributed by atoms with Gasteiger partial charge in [0.05, 0.1) is 19.8 Å². The quantitative estimate of drug-likeness (QED) is 0.0371. The van der Waals surface area contributed by atoms with Gasteiger partial charge in [0.2, 0.25) is 11.8 Å². The molecule has 0 bridgehead atoms. The van der Waals surface area contributed by atoms with Crippen LogP contribution < -0.4 is 10.6 Å². The molecule has 0 aromatic heterocycles. The van der Waals surface area contributed by atoms with Crippen molar-refractivity contribution in [1.29, 1.82) is 0 Å². The van der Waals surface area contributed by atoms with Crippen molar-refractivity contribution in [3.63, 3.8) is 0 Å². The highest BCUT2D eigenvalue weighted by Gasteiger charge is 2.56. The number of hydrogen-bond acceptors (Lipinski definition) is 34. The highest BCUT2D eigenvalue weighted by atomic mass is 16.8. The Morgan fingerprint density at radius 2 is 0.576 bits per heavy atom. The molecule has 36 nitrogen and oxygen atoms in total. The topological polar surface area (TPSA) is 451 Å². The van der Waals surface area contributed by atoms with Gasteiger partial charge in [0.25, 0.3) is 0 Å². The number of amides is 2. The van der Waals surface area contributed by atoms with Crippen LogP contribution in [-0.4, -0.2) is 258 Å². The van der Waals surface area contributed by atoms with E-state index >= 15 is 0 Å². The summed E-state index contributed by atoms with van der Waals surface area (Å²) >= 11 is 0. The molecule has 1 unspecified atom stereocenters. The minimum atomic E-state index is -1.86. The second kappa shape index (κ2) is 37.4. The first kappa shape index (κ1) is 77.2. The fourth-order valence-electron chi connectivity index (χ4n) is 10.1. The van der Waals surface area contributed by atoms with Gasteiger partial charge < -0.3 is 110 Å². The lowest BCUT2D eigenvalue weighted by molar-refractivity contribution is -0.328. The largest absolute Gasteiger partial charge is 0.463 e. The third-order valence-corrected chi connectivity index (χ3v) is 13.2. The first-order valence-electron chi connectivity index (χ1n) is 29.0. The molecule has 4 fully saturated rings. The van der Waals surface area contributed by atoms with Crippen LogP contribution in [0.3, 0.4) is 0 Å². The van der Waals surface area contributed by atoms with Crippen LogP contribution in [0.5, 0.6) is 0 Å². The van der Waals surface area contributed by atoms with Crippen molar-refractivity contribution in [2.75, 3.05) is 52.9 Å². The van der Waals surface area contributed by atoms with Crippen LogP contribution in [-0.2, 0) is 157 Å². The summed E-state index contributed by atoms with van der Waals surface area (Å²) in [4.78, 5) is 162. The molecular formula is C56H82N2O34. The van der Waals surface area contributed by atoms with Gasteiger partial charge in [0.1, 0.15) is 68.5 Å². The van der Waals surface area contributed by atoms with Crippen LogP contribution in [0.2, 0.25) is 0 Å². The molecule has 4 aliphatic heterocycles. The monoisotopic (exact) mass is 1330 g/mol. The summed E-state index contributed by atoms with van der Waals surface area (Å²) in [5, 5.41) is 15.9. The summed E-state index contributed by atoms with van der Waals surface area (Å²) in [5.74, 6) is -10.8. The zero-order chi connectivity index (χ0) is 68.7. The highest BCUT2D eigenvalue weighted by molar-refractivity contribution is 5.75. The van der Waals surface area contributed by atoms with E-state index in [4.69, 9.17) is 94.7 Å². The Morgan fingerprint density at radius 1 is 0.293 bits per heavy atom. The molecule has 4 heterocycles. The lowest BCUT2D eigenvalue weighted by Gasteiger charge is -2.47. The van der Waals surface area contributed by atoms with Gasteiger partial charge in [-0.2, -0.15) is 0 Å². The van der Waals surface area contributed by atoms with Crippen molar-refractivity contribution in [1.82, 2.24) is 10.6 Å². The summed E-state index contributed by atoms with van der Waals surface area (Å²) in [6, 6.07) is -2.77. The van der Waals surface area contributed by atoms with Crippen LogP contribution in [0.1, 0.15) is 103 Å². The maximum Gasteiger partial charge on any atom is 0.303 e. The predicted molar refractivity (Wildman–Crippen MR) is 293 cm³/mol. The van der Waals surface area contributed by atoms with Crippen LogP contribution in [0, 0.1) is 0 Å². The van der Waals surface area contributed by atoms with Crippen molar-refractivity contribution in [3.05, 3.63) is 0 Å². The lowest BCUT2D eigenvalue weighted by Crippen LogP contribution is -2.67. The number of carbonyl (C=O) groups is 13. The molecule has 2 amide bonds. The van der Waals surface area contributed by atoms with Gasteiger partial charge >= 0.3 is 65.7 Å². The van der Waals surface area contributed by atoms with Crippen molar-refractivity contribution >= 4 is 77.5 Å². The Kier molecular flexibility index (Phi) is 31.4. The van der Waals surface area contributed by atoms with E-state index in [0.717, 1.165) is 90.0 Å². The summed E-state index contributed by atoms with van der Waals surface area (Å²) in [6.07, 6.45) is -27.9. The molecule has 0 aromatic carbocycles. The number of hydrogen-bond donors (Lipinski definition) is 3. The summed E-state index contributed by atoms with van der Waals surface area (Å²) in [7, 11) is 0. The predicted octanol–water partition coefficient (Wildman–Crippen LogP) is -2.37. The molecule has 4 aliphatic rings. The van der Waals surface area contributed by atoms with Gasteiger partial charge in [-0.25, -0.2) is 0 Å². The number of aliphatic hydroxyl groups excluding tert-OH is 1. The van der Waals surface area contributed by atoms with E-state index in [1.807, 2.05) is 0 Å². The fraction of sp³-hybridized carbons (Fsp3) is 0.768. The third-order valence-electron chi connectivity index (χ3n) is 13.2. The summed E-state index contributed by atoms with van der Waals surface area (Å²) in [6.45, 7) is 10.2. The van der Waals surface area contributed by atoms with Crippen molar-refractivity contribution in [2.24, 2.45) is 0 Å². The standard InChI is InChI=1S/C56H82N2O34/c1-24(59)57-41-47(83-31(8)66)45(81-29(6)64)39(22-79-28(5)63)90-54(41)75-19-15-17-74-44-38(21-78-27(4)62)92-56(52(88-36(13)71)50(44)86-34(11)69)80-23-40-46(82-30(7)65)48(84-32(9)67)42(58-25(2)60)55(91-40)76-18-14-16-73-43-37(20-77-26(3)61)89-53(72)51(87-35(12)70)49(43)85-33(10)68/h37-56,72H,14-23H2,1-13H3,(H,57,59)(H,58,60)/t37-,38-,39-,40-,41-,42-,43-,44-,45-,46-,47-,48-,49+,50+,51-,52-,53?,54-,55-,56-/m1/s1. The van der Waals surface area contributed by atoms with Crippen LogP contribution >= 0.6 is 0 Å². The number of rotatable bonds is 31. The Balaban J connectivity index is 1.64. The smallest absolute Gasteiger partial charge is 0.303 e. The molecule has 0 spiro atoms. The Morgan fingerprint density at radius 3 is 0.935 bits per heavy atom. The molecular weight excluding hydrogens is 1240 g/mol. The molecule has 4 saturated heterocycles. The zero-order valence-electron chi connectivity index (χ0n) is 53.0. The van der Waals surface area contributed by atoms with Gasteiger partial charge in [0.15, 0.2) is 74.0 Å². The van der Waals surface area contributed by atoms with E-state index in [2.05, 4.69) is 10.6 Å². The molecule has 0 aliphatic carbocycles. The Bertz CT molecular complexity index is 2570. The molecule has 92 heavy (non-hydrogen) atoms. The van der Waals surface area contributed by atoms with E-state index in [-0.39, 0.29) is 39.3 Å². The average Bonchev–Trinajstić information content (AvgIpc) is 0.818. The van der Waals surface area contributed by atoms with Crippen molar-refractivity contribution < 1.29 is 162 Å². The molecule has 36 heteroatoms. The molecule has 0 aromatic rings. The van der Waals surface area contributed by atoms with Crippen LogP contribution in [0.25, 0.3) is 0 Å². The van der Waals surface area contributed by atoms with Crippen molar-refractivity contribution in [2.45, 2.75) is 226 Å². The fourth-order valence-corrected chi connectivity index (χ4v) is 10.1. The molecule has 4 rings (SSSR count). The molecule has 0 saturated carbocycles. The van der Waals surface area contributed by atoms with E-state index < -0.39 is 227 Å². The van der Waals surface area contributed by atoms with Gasteiger partial charge in [0, 0.05) is 103 Å². The maximum atomic E-state index is 13.0. The van der Waals surface area contributed by atoms with E-state index in [1.165, 1.54) is 0 Å². The number of aliphatic hydroxyl groups is 1. The molecule has 20 atom stereocenters. The first-order chi connectivity index (χ1) is 43.3. The number of nitrogens with one attached hydrogen (secondary N) is 2. The third kappa shape index (κ3) is 25.0. The summed E-state index contributed by atoms with van der Waals surface area (Å²) in [5.41, 5.74) is 0. The zero-order valence-corrected chi connectivity index (χ0v) is 53.0. The van der Waals surface area contributed by atoms with E-state index in [9.17, 15) is 67.4 Å². The van der Waals surface area contributed by atoms with E-state index in [0.29, 0.717) is 0 Å². The van der Waals surface area contributed by atoms with E-state index in [1.54, 1.807) is 0 Å². The number of esters is 11. The first-order valence-corrected chi connectivity index (χ1v) is 29.0. The number of ether oxygens (including phenoxy) is 20. The molecule has 3 N–H and O–H groups in total. The minimum absolute atomic E-state index is 0.0718. The van der Waals surface area contributed by atoms with Crippen LogP contribution in [0.4, 0.5) is 0 Å². The Hall–Kier alpha value is -7.29. The van der Waals surface area contributed by atoms with Crippen molar-refractivity contribution in [3.8, 4) is 0 Å². The maximum absolute atomic E-state index is 13.0.